The lowest BCUT2D eigenvalue weighted by Gasteiger charge is -2.45. The number of rotatable bonds is 2. The van der Waals surface area contributed by atoms with Crippen LogP contribution in [0.25, 0.3) is 0 Å². The fourth-order valence-electron chi connectivity index (χ4n) is 2.95. The van der Waals surface area contributed by atoms with E-state index in [-0.39, 0.29) is 5.91 Å². The maximum atomic E-state index is 12.8. The van der Waals surface area contributed by atoms with Crippen molar-refractivity contribution in [1.29, 1.82) is 0 Å². The van der Waals surface area contributed by atoms with Crippen LogP contribution < -0.4 is 0 Å². The van der Waals surface area contributed by atoms with Gasteiger partial charge in [0.2, 0.25) is 5.91 Å². The fraction of sp³-hybridized carbons (Fsp3) is 0.533. The first-order chi connectivity index (χ1) is 10.1. The number of aliphatic imine (C=N–C) groups is 1. The van der Waals surface area contributed by atoms with Gasteiger partial charge in [0.1, 0.15) is 23.7 Å². The van der Waals surface area contributed by atoms with Gasteiger partial charge in [-0.25, -0.2) is 4.99 Å². The van der Waals surface area contributed by atoms with E-state index >= 15 is 0 Å². The molecule has 2 atom stereocenters. The predicted octanol–water partition coefficient (Wildman–Crippen LogP) is 0.564. The standard InChI is InChI=1S/C15H19N3O3/c1-11-4-3-5-18-12(11)16-13(15(2,10-19)14(18)20)17-6-8-21-9-7-17/h3-5,10,13H,6-9H2,1-2H3. The Hall–Kier alpha value is -1.79. The highest BCUT2D eigenvalue weighted by Crippen LogP contribution is 2.34. The molecule has 0 N–H and O–H groups in total. The summed E-state index contributed by atoms with van der Waals surface area (Å²) < 4.78 is 5.35. The molecule has 3 aliphatic heterocycles. The minimum atomic E-state index is -1.16. The van der Waals surface area contributed by atoms with Gasteiger partial charge in [0.25, 0.3) is 0 Å². The van der Waals surface area contributed by atoms with Gasteiger partial charge in [-0.3, -0.25) is 14.6 Å². The summed E-state index contributed by atoms with van der Waals surface area (Å²) in [6, 6.07) is 0. The molecular weight excluding hydrogens is 270 g/mol. The van der Waals surface area contributed by atoms with Crippen molar-refractivity contribution in [1.82, 2.24) is 9.80 Å². The van der Waals surface area contributed by atoms with E-state index in [1.807, 2.05) is 13.0 Å². The number of hydrogen-bond donors (Lipinski definition) is 0. The SMILES string of the molecule is CC1=CC=CN2C(=O)C(C)(C=O)C(N3CCOCC3)N=C12. The van der Waals surface area contributed by atoms with Gasteiger partial charge < -0.3 is 9.53 Å². The maximum absolute atomic E-state index is 12.8. The molecule has 21 heavy (non-hydrogen) atoms. The molecule has 1 amide bonds. The molecule has 1 saturated heterocycles. The number of amidine groups is 1. The largest absolute Gasteiger partial charge is 0.379 e. The summed E-state index contributed by atoms with van der Waals surface area (Å²) in [6.45, 7) is 6.14. The maximum Gasteiger partial charge on any atom is 0.248 e. The molecule has 0 radical (unpaired) electrons. The van der Waals surface area contributed by atoms with Crippen molar-refractivity contribution >= 4 is 18.0 Å². The monoisotopic (exact) mass is 289 g/mol. The number of nitrogens with zero attached hydrogens (tertiary/aromatic N) is 3. The van der Waals surface area contributed by atoms with Crippen LogP contribution in [0.3, 0.4) is 0 Å². The number of hydrogen-bond acceptors (Lipinski definition) is 5. The van der Waals surface area contributed by atoms with E-state index < -0.39 is 11.6 Å². The van der Waals surface area contributed by atoms with E-state index in [2.05, 4.69) is 4.90 Å². The lowest BCUT2D eigenvalue weighted by atomic mass is 9.83. The highest BCUT2D eigenvalue weighted by atomic mass is 16.5. The third kappa shape index (κ3) is 2.15. The Bertz CT molecular complexity index is 561. The molecule has 0 bridgehead atoms. The average Bonchev–Trinajstić information content (AvgIpc) is 2.52. The van der Waals surface area contributed by atoms with Crippen molar-refractivity contribution in [3.63, 3.8) is 0 Å². The molecule has 3 heterocycles. The summed E-state index contributed by atoms with van der Waals surface area (Å²) in [5.41, 5.74) is -0.236. The molecule has 3 rings (SSSR count). The number of amides is 1. The summed E-state index contributed by atoms with van der Waals surface area (Å²) in [7, 11) is 0. The first kappa shape index (κ1) is 14.2. The van der Waals surface area contributed by atoms with E-state index in [0.29, 0.717) is 32.1 Å². The number of carbonyl (C=O) groups excluding carboxylic acids is 2. The number of fused-ring (bicyclic) bond motifs is 1. The molecule has 6 nitrogen and oxygen atoms in total. The number of ether oxygens (including phenoxy) is 1. The lowest BCUT2D eigenvalue weighted by molar-refractivity contribution is -0.146. The molecule has 2 unspecified atom stereocenters. The minimum absolute atomic E-state index is 0.220. The van der Waals surface area contributed by atoms with Gasteiger partial charge in [0.05, 0.1) is 13.2 Å². The molecule has 0 aromatic rings. The van der Waals surface area contributed by atoms with Crippen LogP contribution in [0, 0.1) is 5.41 Å². The van der Waals surface area contributed by atoms with Crippen LogP contribution in [-0.2, 0) is 14.3 Å². The van der Waals surface area contributed by atoms with Gasteiger partial charge in [-0.2, -0.15) is 0 Å². The topological polar surface area (TPSA) is 62.2 Å². The van der Waals surface area contributed by atoms with E-state index in [9.17, 15) is 9.59 Å². The lowest BCUT2D eigenvalue weighted by Crippen LogP contribution is -2.61. The van der Waals surface area contributed by atoms with Crippen molar-refractivity contribution in [2.45, 2.75) is 20.0 Å². The number of morpholine rings is 1. The van der Waals surface area contributed by atoms with E-state index in [1.54, 1.807) is 19.2 Å². The Labute approximate surface area is 123 Å². The molecule has 0 spiro atoms. The van der Waals surface area contributed by atoms with Crippen molar-refractivity contribution in [2.75, 3.05) is 26.3 Å². The summed E-state index contributed by atoms with van der Waals surface area (Å²) in [5.74, 6) is 0.418. The number of aldehydes is 1. The van der Waals surface area contributed by atoms with Crippen molar-refractivity contribution in [2.24, 2.45) is 10.4 Å². The summed E-state index contributed by atoms with van der Waals surface area (Å²) in [5, 5.41) is 0. The zero-order valence-electron chi connectivity index (χ0n) is 12.3. The smallest absolute Gasteiger partial charge is 0.248 e. The zero-order valence-corrected chi connectivity index (χ0v) is 12.3. The Kier molecular flexibility index (Phi) is 3.51. The van der Waals surface area contributed by atoms with Gasteiger partial charge >= 0.3 is 0 Å². The summed E-state index contributed by atoms with van der Waals surface area (Å²) in [4.78, 5) is 32.7. The second kappa shape index (κ2) is 5.20. The van der Waals surface area contributed by atoms with Crippen LogP contribution >= 0.6 is 0 Å². The van der Waals surface area contributed by atoms with Gasteiger partial charge in [-0.05, 0) is 25.5 Å². The molecule has 0 aromatic heterocycles. The summed E-state index contributed by atoms with van der Waals surface area (Å²) >= 11 is 0. The van der Waals surface area contributed by atoms with Crippen LogP contribution in [0.15, 0.2) is 28.9 Å². The van der Waals surface area contributed by atoms with E-state index in [1.165, 1.54) is 4.90 Å². The zero-order chi connectivity index (χ0) is 15.0. The van der Waals surface area contributed by atoms with E-state index in [0.717, 1.165) is 11.9 Å². The van der Waals surface area contributed by atoms with Crippen LogP contribution in [0.2, 0.25) is 0 Å². The number of allylic oxidation sites excluding steroid dienone is 2. The van der Waals surface area contributed by atoms with Crippen LogP contribution in [0.4, 0.5) is 0 Å². The summed E-state index contributed by atoms with van der Waals surface area (Å²) in [6.07, 6.45) is 5.66. The number of carbonyl (C=O) groups is 2. The van der Waals surface area contributed by atoms with Gasteiger partial charge in [0.15, 0.2) is 0 Å². The Morgan fingerprint density at radius 1 is 1.43 bits per heavy atom. The van der Waals surface area contributed by atoms with Crippen LogP contribution in [0.1, 0.15) is 13.8 Å². The Morgan fingerprint density at radius 2 is 2.14 bits per heavy atom. The fourth-order valence-corrected chi connectivity index (χ4v) is 2.95. The highest BCUT2D eigenvalue weighted by molar-refractivity contribution is 6.15. The third-order valence-corrected chi connectivity index (χ3v) is 4.26. The first-order valence-electron chi connectivity index (χ1n) is 7.13. The van der Waals surface area contributed by atoms with Gasteiger partial charge in [-0.1, -0.05) is 6.08 Å². The van der Waals surface area contributed by atoms with Crippen molar-refractivity contribution in [3.05, 3.63) is 23.9 Å². The van der Waals surface area contributed by atoms with Gasteiger partial charge in [0, 0.05) is 19.3 Å². The normalized spacial score (nSPS) is 33.3. The molecule has 0 saturated carbocycles. The van der Waals surface area contributed by atoms with E-state index in [4.69, 9.17) is 9.73 Å². The molecule has 1 fully saturated rings. The quantitative estimate of drug-likeness (QED) is 0.550. The minimum Gasteiger partial charge on any atom is -0.379 e. The molecule has 3 aliphatic rings. The Morgan fingerprint density at radius 3 is 2.81 bits per heavy atom. The molecule has 6 heteroatoms. The Balaban J connectivity index is 2.05. The van der Waals surface area contributed by atoms with Crippen molar-refractivity contribution < 1.29 is 14.3 Å². The second-order valence-electron chi connectivity index (χ2n) is 5.74. The molecule has 0 aliphatic carbocycles. The molecule has 0 aromatic carbocycles. The van der Waals surface area contributed by atoms with Gasteiger partial charge in [-0.15, -0.1) is 0 Å². The average molecular weight is 289 g/mol. The third-order valence-electron chi connectivity index (χ3n) is 4.26. The predicted molar refractivity (Wildman–Crippen MR) is 77.5 cm³/mol. The highest BCUT2D eigenvalue weighted by Gasteiger charge is 2.51. The van der Waals surface area contributed by atoms with Crippen LogP contribution in [-0.4, -0.2) is 60.3 Å². The first-order valence-corrected chi connectivity index (χ1v) is 7.13. The van der Waals surface area contributed by atoms with Crippen molar-refractivity contribution in [3.8, 4) is 0 Å². The molecular formula is C15H19N3O3. The van der Waals surface area contributed by atoms with Crippen LogP contribution in [0.5, 0.6) is 0 Å². The molecule has 112 valence electrons. The second-order valence-corrected chi connectivity index (χ2v) is 5.74.